The first-order chi connectivity index (χ1) is 10.0. The molecule has 110 valence electrons. The number of halogens is 2. The monoisotopic (exact) mass is 368 g/mol. The van der Waals surface area contributed by atoms with Crippen LogP contribution < -0.4 is 10.5 Å². The van der Waals surface area contributed by atoms with Gasteiger partial charge in [0, 0.05) is 20.6 Å². The van der Waals surface area contributed by atoms with Gasteiger partial charge in [-0.15, -0.1) is 0 Å². The molecule has 0 aliphatic rings. The number of benzene rings is 2. The minimum Gasteiger partial charge on any atom is -0.489 e. The van der Waals surface area contributed by atoms with Crippen LogP contribution >= 0.6 is 27.5 Å². The van der Waals surface area contributed by atoms with Crippen LogP contribution in [-0.4, -0.2) is 11.0 Å². The minimum atomic E-state index is 0.0431. The Morgan fingerprint density at radius 2 is 2.10 bits per heavy atom. The molecule has 0 atom stereocenters. The smallest absolute Gasteiger partial charge is 0.170 e. The van der Waals surface area contributed by atoms with E-state index in [4.69, 9.17) is 27.3 Å². The molecule has 0 aromatic heterocycles. The van der Waals surface area contributed by atoms with Crippen LogP contribution in [-0.2, 0) is 6.61 Å². The fraction of sp³-hybridized carbons (Fsp3) is 0.133. The van der Waals surface area contributed by atoms with Gasteiger partial charge >= 0.3 is 0 Å². The molecule has 3 N–H and O–H groups in total. The molecular formula is C15H14BrClN2O2. The normalized spacial score (nSPS) is 11.5. The molecule has 0 unspecified atom stereocenters. The van der Waals surface area contributed by atoms with Crippen LogP contribution in [0.5, 0.6) is 5.75 Å². The molecule has 6 heteroatoms. The van der Waals surface area contributed by atoms with E-state index in [9.17, 15) is 0 Å². The molecule has 0 heterocycles. The molecule has 2 aromatic carbocycles. The summed E-state index contributed by atoms with van der Waals surface area (Å²) in [7, 11) is 0. The Labute approximate surface area is 136 Å². The Hall–Kier alpha value is -1.72. The van der Waals surface area contributed by atoms with Crippen LogP contribution in [0.3, 0.4) is 0 Å². The summed E-state index contributed by atoms with van der Waals surface area (Å²) in [6.45, 7) is 2.27. The predicted octanol–water partition coefficient (Wildman–Crippen LogP) is 4.08. The van der Waals surface area contributed by atoms with Crippen LogP contribution in [0.1, 0.15) is 16.7 Å². The zero-order chi connectivity index (χ0) is 15.4. The Bertz CT molecular complexity index is 689. The number of hydrogen-bond acceptors (Lipinski definition) is 3. The summed E-state index contributed by atoms with van der Waals surface area (Å²) in [5.74, 6) is 0.708. The lowest BCUT2D eigenvalue weighted by molar-refractivity contribution is 0.304. The van der Waals surface area contributed by atoms with Crippen LogP contribution in [0.25, 0.3) is 0 Å². The van der Waals surface area contributed by atoms with E-state index in [1.165, 1.54) is 0 Å². The highest BCUT2D eigenvalue weighted by Crippen LogP contribution is 2.25. The molecule has 2 aromatic rings. The molecule has 0 aliphatic carbocycles. The van der Waals surface area contributed by atoms with Crippen molar-refractivity contribution in [1.82, 2.24) is 0 Å². The van der Waals surface area contributed by atoms with Gasteiger partial charge in [0.05, 0.1) is 0 Å². The molecule has 2 rings (SSSR count). The summed E-state index contributed by atoms with van der Waals surface area (Å²) in [5, 5.41) is 12.3. The van der Waals surface area contributed by atoms with Crippen molar-refractivity contribution in [3.05, 3.63) is 62.6 Å². The van der Waals surface area contributed by atoms with Crippen molar-refractivity contribution in [1.29, 1.82) is 0 Å². The van der Waals surface area contributed by atoms with Crippen LogP contribution in [0.4, 0.5) is 0 Å². The first-order valence-electron chi connectivity index (χ1n) is 6.16. The summed E-state index contributed by atoms with van der Waals surface area (Å²) in [6.07, 6.45) is 0. The highest BCUT2D eigenvalue weighted by molar-refractivity contribution is 9.10. The zero-order valence-corrected chi connectivity index (χ0v) is 13.6. The van der Waals surface area contributed by atoms with E-state index in [1.807, 2.05) is 31.2 Å². The fourth-order valence-electron chi connectivity index (χ4n) is 1.77. The molecule has 0 saturated carbocycles. The molecule has 0 fully saturated rings. The maximum atomic E-state index is 8.72. The second kappa shape index (κ2) is 6.83. The third-order valence-electron chi connectivity index (χ3n) is 2.99. The standard InChI is InChI=1S/C15H14BrClN2O2/c1-9-2-3-10(15(18)19-20)6-14(9)21-8-11-4-5-12(16)7-13(11)17/h2-7,20H,8H2,1H3,(H2,18,19). The van der Waals surface area contributed by atoms with Crippen molar-refractivity contribution in [3.8, 4) is 5.75 Å². The van der Waals surface area contributed by atoms with Crippen molar-refractivity contribution in [2.24, 2.45) is 10.9 Å². The van der Waals surface area contributed by atoms with Gasteiger partial charge in [-0.25, -0.2) is 0 Å². The molecule has 0 bridgehead atoms. The SMILES string of the molecule is Cc1ccc(/C(N)=N/O)cc1OCc1ccc(Br)cc1Cl. The van der Waals surface area contributed by atoms with Crippen LogP contribution in [0, 0.1) is 6.92 Å². The number of amidine groups is 1. The molecular weight excluding hydrogens is 356 g/mol. The van der Waals surface area contributed by atoms with Crippen molar-refractivity contribution in [2.45, 2.75) is 13.5 Å². The lowest BCUT2D eigenvalue weighted by atomic mass is 10.1. The van der Waals surface area contributed by atoms with Gasteiger partial charge in [-0.2, -0.15) is 0 Å². The Balaban J connectivity index is 2.19. The largest absolute Gasteiger partial charge is 0.489 e. The Morgan fingerprint density at radius 3 is 2.76 bits per heavy atom. The van der Waals surface area contributed by atoms with Crippen molar-refractivity contribution in [3.63, 3.8) is 0 Å². The average Bonchev–Trinajstić information content (AvgIpc) is 2.47. The molecule has 0 aliphatic heterocycles. The number of hydrogen-bond donors (Lipinski definition) is 2. The van der Waals surface area contributed by atoms with Gasteiger partial charge in [0.2, 0.25) is 0 Å². The van der Waals surface area contributed by atoms with Gasteiger partial charge in [0.15, 0.2) is 5.84 Å². The van der Waals surface area contributed by atoms with E-state index in [-0.39, 0.29) is 5.84 Å². The second-order valence-electron chi connectivity index (χ2n) is 4.49. The molecule has 0 saturated heterocycles. The van der Waals surface area contributed by atoms with Gasteiger partial charge in [0.1, 0.15) is 12.4 Å². The second-order valence-corrected chi connectivity index (χ2v) is 5.81. The van der Waals surface area contributed by atoms with Crippen molar-refractivity contribution < 1.29 is 9.94 Å². The fourth-order valence-corrected chi connectivity index (χ4v) is 2.49. The van der Waals surface area contributed by atoms with E-state index in [1.54, 1.807) is 12.1 Å². The van der Waals surface area contributed by atoms with Gasteiger partial charge in [0.25, 0.3) is 0 Å². The average molecular weight is 370 g/mol. The number of nitrogens with zero attached hydrogens (tertiary/aromatic N) is 1. The van der Waals surface area contributed by atoms with E-state index in [0.717, 1.165) is 15.6 Å². The summed E-state index contributed by atoms with van der Waals surface area (Å²) in [4.78, 5) is 0. The van der Waals surface area contributed by atoms with E-state index >= 15 is 0 Å². The number of nitrogens with two attached hydrogens (primary N) is 1. The molecule has 0 amide bonds. The maximum Gasteiger partial charge on any atom is 0.170 e. The molecule has 0 spiro atoms. The number of rotatable bonds is 4. The number of ether oxygens (including phenoxy) is 1. The third kappa shape index (κ3) is 3.89. The summed E-state index contributed by atoms with van der Waals surface area (Å²) in [6, 6.07) is 11.0. The molecule has 0 radical (unpaired) electrons. The predicted molar refractivity (Wildman–Crippen MR) is 87.2 cm³/mol. The topological polar surface area (TPSA) is 67.8 Å². The lowest BCUT2D eigenvalue weighted by Gasteiger charge is -2.12. The van der Waals surface area contributed by atoms with Crippen LogP contribution in [0.2, 0.25) is 5.02 Å². The van der Waals surface area contributed by atoms with Gasteiger partial charge in [-0.05, 0) is 30.7 Å². The van der Waals surface area contributed by atoms with E-state index < -0.39 is 0 Å². The van der Waals surface area contributed by atoms with E-state index in [0.29, 0.717) is 22.9 Å². The third-order valence-corrected chi connectivity index (χ3v) is 3.84. The van der Waals surface area contributed by atoms with Crippen molar-refractivity contribution in [2.75, 3.05) is 0 Å². The Morgan fingerprint density at radius 1 is 1.33 bits per heavy atom. The first-order valence-corrected chi connectivity index (χ1v) is 7.33. The number of aryl methyl sites for hydroxylation is 1. The molecule has 4 nitrogen and oxygen atoms in total. The van der Waals surface area contributed by atoms with Gasteiger partial charge < -0.3 is 15.7 Å². The minimum absolute atomic E-state index is 0.0431. The number of oxime groups is 1. The quantitative estimate of drug-likeness (QED) is 0.369. The summed E-state index contributed by atoms with van der Waals surface area (Å²) in [5.41, 5.74) is 8.02. The van der Waals surface area contributed by atoms with Gasteiger partial charge in [-0.1, -0.05) is 50.9 Å². The highest BCUT2D eigenvalue weighted by atomic mass is 79.9. The van der Waals surface area contributed by atoms with Gasteiger partial charge in [-0.3, -0.25) is 0 Å². The zero-order valence-electron chi connectivity index (χ0n) is 11.3. The highest BCUT2D eigenvalue weighted by Gasteiger charge is 2.07. The van der Waals surface area contributed by atoms with Crippen molar-refractivity contribution >= 4 is 33.4 Å². The van der Waals surface area contributed by atoms with E-state index in [2.05, 4.69) is 21.1 Å². The van der Waals surface area contributed by atoms with Crippen LogP contribution in [0.15, 0.2) is 46.0 Å². The maximum absolute atomic E-state index is 8.72. The summed E-state index contributed by atoms with van der Waals surface area (Å²) < 4.78 is 6.70. The summed E-state index contributed by atoms with van der Waals surface area (Å²) >= 11 is 9.52. The Kier molecular flexibility index (Phi) is 5.09. The molecule has 21 heavy (non-hydrogen) atoms. The lowest BCUT2D eigenvalue weighted by Crippen LogP contribution is -2.13. The first kappa shape index (κ1) is 15.7.